The molecule has 0 amide bonds. The van der Waals surface area contributed by atoms with Crippen molar-refractivity contribution in [2.24, 2.45) is 0 Å². The maximum atomic E-state index is 11.6. The topological polar surface area (TPSA) is 88.7 Å². The van der Waals surface area contributed by atoms with Crippen LogP contribution in [0.4, 0.5) is 11.5 Å². The van der Waals surface area contributed by atoms with Gasteiger partial charge in [0.15, 0.2) is 5.82 Å². The number of aliphatic hydroxyl groups is 1. The number of anilines is 2. The first kappa shape index (κ1) is 12.6. The molecule has 98 valence electrons. The molecule has 1 aliphatic heterocycles. The predicted molar refractivity (Wildman–Crippen MR) is 67.4 cm³/mol. The summed E-state index contributed by atoms with van der Waals surface area (Å²) in [5, 5.41) is 9.31. The molecule has 0 radical (unpaired) electrons. The van der Waals surface area contributed by atoms with Gasteiger partial charge in [0, 0.05) is 12.7 Å². The minimum absolute atomic E-state index is 0.0210. The molecule has 1 saturated heterocycles. The number of nitrogens with two attached hydrogens (primary N) is 1. The van der Waals surface area contributed by atoms with E-state index in [1.807, 2.05) is 4.90 Å². The van der Waals surface area contributed by atoms with Gasteiger partial charge in [-0.2, -0.15) is 0 Å². The standard InChI is InChI=1S/C12H17N3O3/c1-18-12(17)9-4-5-14-11(10(9)13)15-6-2-3-8(15)7-16/h4-5,8,16H,2-3,6-7,13H2,1H3. The highest BCUT2D eigenvalue weighted by atomic mass is 16.5. The Morgan fingerprint density at radius 1 is 1.72 bits per heavy atom. The first-order valence-electron chi connectivity index (χ1n) is 5.89. The van der Waals surface area contributed by atoms with Crippen LogP contribution in [-0.4, -0.2) is 42.4 Å². The van der Waals surface area contributed by atoms with Crippen molar-refractivity contribution in [2.75, 3.05) is 30.9 Å². The molecule has 1 unspecified atom stereocenters. The number of hydrogen-bond donors (Lipinski definition) is 2. The quantitative estimate of drug-likeness (QED) is 0.756. The molecule has 0 aromatic carbocycles. The number of nitrogen functional groups attached to an aromatic ring is 1. The third-order valence-corrected chi connectivity index (χ3v) is 3.23. The summed E-state index contributed by atoms with van der Waals surface area (Å²) in [4.78, 5) is 17.7. The van der Waals surface area contributed by atoms with Crippen molar-refractivity contribution in [3.63, 3.8) is 0 Å². The van der Waals surface area contributed by atoms with Gasteiger partial charge >= 0.3 is 5.97 Å². The summed E-state index contributed by atoms with van der Waals surface area (Å²) in [7, 11) is 1.31. The molecule has 1 aromatic rings. The van der Waals surface area contributed by atoms with Gasteiger partial charge in [0.1, 0.15) is 0 Å². The molecule has 1 fully saturated rings. The second-order valence-electron chi connectivity index (χ2n) is 4.26. The number of ether oxygens (including phenoxy) is 1. The molecule has 0 aliphatic carbocycles. The molecule has 0 bridgehead atoms. The zero-order valence-electron chi connectivity index (χ0n) is 10.3. The molecule has 1 aromatic heterocycles. The Kier molecular flexibility index (Phi) is 3.66. The van der Waals surface area contributed by atoms with Crippen LogP contribution in [-0.2, 0) is 4.74 Å². The molecule has 1 atom stereocenters. The van der Waals surface area contributed by atoms with Crippen molar-refractivity contribution in [3.05, 3.63) is 17.8 Å². The fraction of sp³-hybridized carbons (Fsp3) is 0.500. The number of carbonyl (C=O) groups is 1. The van der Waals surface area contributed by atoms with Gasteiger partial charge in [0.2, 0.25) is 0 Å². The number of aliphatic hydroxyl groups excluding tert-OH is 1. The van der Waals surface area contributed by atoms with Crippen molar-refractivity contribution in [2.45, 2.75) is 18.9 Å². The van der Waals surface area contributed by atoms with E-state index in [0.29, 0.717) is 17.1 Å². The van der Waals surface area contributed by atoms with Gasteiger partial charge in [-0.3, -0.25) is 0 Å². The van der Waals surface area contributed by atoms with Crippen LogP contribution in [0, 0.1) is 0 Å². The number of nitrogens with zero attached hydrogens (tertiary/aromatic N) is 2. The summed E-state index contributed by atoms with van der Waals surface area (Å²) in [6, 6.07) is 1.56. The zero-order chi connectivity index (χ0) is 13.1. The fourth-order valence-electron chi connectivity index (χ4n) is 2.28. The van der Waals surface area contributed by atoms with Crippen molar-refractivity contribution >= 4 is 17.5 Å². The molecule has 2 rings (SSSR count). The molecule has 1 aliphatic rings. The average Bonchev–Trinajstić information content (AvgIpc) is 2.86. The second-order valence-corrected chi connectivity index (χ2v) is 4.26. The second kappa shape index (κ2) is 5.22. The SMILES string of the molecule is COC(=O)c1ccnc(N2CCCC2CO)c1N. The van der Waals surface area contributed by atoms with Gasteiger partial charge in [-0.1, -0.05) is 0 Å². The normalized spacial score (nSPS) is 19.0. The molecule has 18 heavy (non-hydrogen) atoms. The summed E-state index contributed by atoms with van der Waals surface area (Å²) in [6.45, 7) is 0.844. The Balaban J connectivity index is 2.36. The van der Waals surface area contributed by atoms with Gasteiger partial charge in [-0.25, -0.2) is 9.78 Å². The molecular formula is C12H17N3O3. The third-order valence-electron chi connectivity index (χ3n) is 3.23. The van der Waals surface area contributed by atoms with E-state index in [1.165, 1.54) is 19.4 Å². The molecule has 3 N–H and O–H groups in total. The van der Waals surface area contributed by atoms with Gasteiger partial charge in [-0.05, 0) is 18.9 Å². The van der Waals surface area contributed by atoms with Crippen molar-refractivity contribution in [1.29, 1.82) is 0 Å². The Morgan fingerprint density at radius 3 is 3.17 bits per heavy atom. The Morgan fingerprint density at radius 2 is 2.50 bits per heavy atom. The van der Waals surface area contributed by atoms with E-state index in [9.17, 15) is 9.90 Å². The molecule has 0 saturated carbocycles. The lowest BCUT2D eigenvalue weighted by molar-refractivity contribution is 0.0602. The maximum Gasteiger partial charge on any atom is 0.340 e. The lowest BCUT2D eigenvalue weighted by atomic mass is 10.2. The lowest BCUT2D eigenvalue weighted by Gasteiger charge is -2.25. The summed E-state index contributed by atoms with van der Waals surface area (Å²) in [5.41, 5.74) is 6.59. The first-order chi connectivity index (χ1) is 8.69. The summed E-state index contributed by atoms with van der Waals surface area (Å²) < 4.78 is 4.67. The highest BCUT2D eigenvalue weighted by Crippen LogP contribution is 2.30. The zero-order valence-corrected chi connectivity index (χ0v) is 10.3. The van der Waals surface area contributed by atoms with Crippen molar-refractivity contribution in [3.8, 4) is 0 Å². The van der Waals surface area contributed by atoms with E-state index in [-0.39, 0.29) is 12.6 Å². The molecule has 0 spiro atoms. The van der Waals surface area contributed by atoms with Crippen LogP contribution in [0.5, 0.6) is 0 Å². The lowest BCUT2D eigenvalue weighted by Crippen LogP contribution is -2.33. The minimum Gasteiger partial charge on any atom is -0.465 e. The Bertz CT molecular complexity index is 450. The Hall–Kier alpha value is -1.82. The van der Waals surface area contributed by atoms with E-state index >= 15 is 0 Å². The van der Waals surface area contributed by atoms with Crippen LogP contribution in [0.25, 0.3) is 0 Å². The van der Waals surface area contributed by atoms with E-state index in [4.69, 9.17) is 5.73 Å². The summed E-state index contributed by atoms with van der Waals surface area (Å²) in [6.07, 6.45) is 3.42. The highest BCUT2D eigenvalue weighted by molar-refractivity contribution is 5.97. The first-order valence-corrected chi connectivity index (χ1v) is 5.89. The van der Waals surface area contributed by atoms with E-state index in [0.717, 1.165) is 19.4 Å². The largest absolute Gasteiger partial charge is 0.465 e. The number of rotatable bonds is 3. The number of methoxy groups -OCH3 is 1. The van der Waals surface area contributed by atoms with Gasteiger partial charge in [-0.15, -0.1) is 0 Å². The predicted octanol–water partition coefficient (Wildman–Crippen LogP) is 0.411. The number of esters is 1. The van der Waals surface area contributed by atoms with Crippen LogP contribution in [0.1, 0.15) is 23.2 Å². The monoisotopic (exact) mass is 251 g/mol. The van der Waals surface area contributed by atoms with E-state index in [1.54, 1.807) is 0 Å². The van der Waals surface area contributed by atoms with Crippen LogP contribution >= 0.6 is 0 Å². The van der Waals surface area contributed by atoms with Crippen LogP contribution in [0.2, 0.25) is 0 Å². The van der Waals surface area contributed by atoms with E-state index in [2.05, 4.69) is 9.72 Å². The fourth-order valence-corrected chi connectivity index (χ4v) is 2.28. The summed E-state index contributed by atoms with van der Waals surface area (Å²) in [5.74, 6) is 0.0744. The number of hydrogen-bond acceptors (Lipinski definition) is 6. The molecular weight excluding hydrogens is 234 g/mol. The third kappa shape index (κ3) is 2.11. The minimum atomic E-state index is -0.476. The molecule has 6 nitrogen and oxygen atoms in total. The molecule has 2 heterocycles. The van der Waals surface area contributed by atoms with Crippen molar-refractivity contribution in [1.82, 2.24) is 4.98 Å². The number of carbonyl (C=O) groups excluding carboxylic acids is 1. The van der Waals surface area contributed by atoms with Crippen LogP contribution in [0.3, 0.4) is 0 Å². The Labute approximate surface area is 105 Å². The highest BCUT2D eigenvalue weighted by Gasteiger charge is 2.27. The smallest absolute Gasteiger partial charge is 0.340 e. The number of pyridine rings is 1. The summed E-state index contributed by atoms with van der Waals surface area (Å²) >= 11 is 0. The molecule has 6 heteroatoms. The van der Waals surface area contributed by atoms with Crippen LogP contribution < -0.4 is 10.6 Å². The number of aromatic nitrogens is 1. The van der Waals surface area contributed by atoms with Crippen LogP contribution in [0.15, 0.2) is 12.3 Å². The average molecular weight is 251 g/mol. The van der Waals surface area contributed by atoms with Gasteiger partial charge < -0.3 is 20.5 Å². The maximum absolute atomic E-state index is 11.6. The van der Waals surface area contributed by atoms with E-state index < -0.39 is 5.97 Å². The van der Waals surface area contributed by atoms with Crippen molar-refractivity contribution < 1.29 is 14.6 Å². The van der Waals surface area contributed by atoms with Gasteiger partial charge in [0.05, 0.1) is 31.0 Å². The van der Waals surface area contributed by atoms with Gasteiger partial charge in [0.25, 0.3) is 0 Å².